The van der Waals surface area contributed by atoms with Gasteiger partial charge in [0.05, 0.1) is 10.0 Å². The molecule has 0 aliphatic carbocycles. The summed E-state index contributed by atoms with van der Waals surface area (Å²) in [6.07, 6.45) is 1.73. The van der Waals surface area contributed by atoms with Gasteiger partial charge in [-0.05, 0) is 52.9 Å². The van der Waals surface area contributed by atoms with E-state index in [9.17, 15) is 0 Å². The highest BCUT2D eigenvalue weighted by atomic mass is 35.5. The molecule has 2 aromatic rings. The molecule has 1 heterocycles. The van der Waals surface area contributed by atoms with Crippen LogP contribution < -0.4 is 11.3 Å². The minimum atomic E-state index is 0.192. The molecule has 18 heavy (non-hydrogen) atoms. The highest BCUT2D eigenvalue weighted by Crippen LogP contribution is 2.23. The molecule has 0 saturated carbocycles. The van der Waals surface area contributed by atoms with Crippen molar-refractivity contribution >= 4 is 34.5 Å². The van der Waals surface area contributed by atoms with Gasteiger partial charge in [0.2, 0.25) is 0 Å². The van der Waals surface area contributed by atoms with Crippen LogP contribution in [-0.4, -0.2) is 6.04 Å². The van der Waals surface area contributed by atoms with Gasteiger partial charge in [-0.3, -0.25) is 11.3 Å². The van der Waals surface area contributed by atoms with Gasteiger partial charge in [0.15, 0.2) is 0 Å². The Morgan fingerprint density at radius 1 is 1.11 bits per heavy atom. The molecule has 1 unspecified atom stereocenters. The third-order valence-corrected chi connectivity index (χ3v) is 4.24. The van der Waals surface area contributed by atoms with Crippen molar-refractivity contribution in [1.82, 2.24) is 5.43 Å². The number of hydrogen-bond donors (Lipinski definition) is 2. The normalized spacial score (nSPS) is 12.6. The second kappa shape index (κ2) is 6.55. The van der Waals surface area contributed by atoms with Crippen LogP contribution in [0.3, 0.4) is 0 Å². The number of halogens is 2. The Bertz CT molecular complexity index is 500. The van der Waals surface area contributed by atoms with Crippen LogP contribution in [0.5, 0.6) is 0 Å². The number of hydrazine groups is 1. The average molecular weight is 301 g/mol. The topological polar surface area (TPSA) is 38.0 Å². The molecule has 3 N–H and O–H groups in total. The quantitative estimate of drug-likeness (QED) is 0.653. The lowest BCUT2D eigenvalue weighted by Gasteiger charge is -2.15. The summed E-state index contributed by atoms with van der Waals surface area (Å²) in [5.41, 5.74) is 5.27. The van der Waals surface area contributed by atoms with E-state index < -0.39 is 0 Å². The fraction of sp³-hybridized carbons (Fsp3) is 0.231. The van der Waals surface area contributed by atoms with Gasteiger partial charge in [0, 0.05) is 6.04 Å². The van der Waals surface area contributed by atoms with E-state index in [0.717, 1.165) is 18.4 Å². The lowest BCUT2D eigenvalue weighted by molar-refractivity contribution is 0.523. The first-order chi connectivity index (χ1) is 8.69. The van der Waals surface area contributed by atoms with Crippen LogP contribution in [0.2, 0.25) is 10.0 Å². The van der Waals surface area contributed by atoms with Crippen molar-refractivity contribution in [3.8, 4) is 0 Å². The first kappa shape index (κ1) is 13.8. The second-order valence-corrected chi connectivity index (χ2v) is 5.75. The van der Waals surface area contributed by atoms with Crippen molar-refractivity contribution in [2.75, 3.05) is 0 Å². The molecule has 5 heteroatoms. The molecule has 0 bridgehead atoms. The van der Waals surface area contributed by atoms with Crippen LogP contribution >= 0.6 is 34.5 Å². The molecule has 2 nitrogen and oxygen atoms in total. The smallest absolute Gasteiger partial charge is 0.0595 e. The predicted molar refractivity (Wildman–Crippen MR) is 79.3 cm³/mol. The van der Waals surface area contributed by atoms with Gasteiger partial charge in [0.25, 0.3) is 0 Å². The van der Waals surface area contributed by atoms with Crippen LogP contribution in [0, 0.1) is 0 Å². The molecule has 0 saturated heterocycles. The number of rotatable bonds is 5. The van der Waals surface area contributed by atoms with Crippen LogP contribution in [0.25, 0.3) is 0 Å². The summed E-state index contributed by atoms with van der Waals surface area (Å²) in [4.78, 5) is 0. The third kappa shape index (κ3) is 3.70. The van der Waals surface area contributed by atoms with E-state index in [1.54, 1.807) is 11.3 Å². The van der Waals surface area contributed by atoms with Crippen LogP contribution in [0.4, 0.5) is 0 Å². The maximum atomic E-state index is 6.00. The van der Waals surface area contributed by atoms with Crippen LogP contribution in [0.1, 0.15) is 11.1 Å². The lowest BCUT2D eigenvalue weighted by atomic mass is 10.0. The molecule has 0 amide bonds. The highest BCUT2D eigenvalue weighted by Gasteiger charge is 2.10. The van der Waals surface area contributed by atoms with E-state index in [4.69, 9.17) is 29.0 Å². The fourth-order valence-corrected chi connectivity index (χ4v) is 2.84. The van der Waals surface area contributed by atoms with Gasteiger partial charge in [-0.2, -0.15) is 11.3 Å². The van der Waals surface area contributed by atoms with Crippen molar-refractivity contribution in [3.63, 3.8) is 0 Å². The van der Waals surface area contributed by atoms with Crippen molar-refractivity contribution < 1.29 is 0 Å². The standard InChI is InChI=1S/C13H14Cl2N2S/c14-12-2-1-9(7-13(12)15)5-11(17-16)6-10-3-4-18-8-10/h1-4,7-8,11,17H,5-6,16H2. The molecule has 0 radical (unpaired) electrons. The molecule has 1 aromatic heterocycles. The van der Waals surface area contributed by atoms with Gasteiger partial charge < -0.3 is 0 Å². The Hall–Kier alpha value is -0.580. The largest absolute Gasteiger partial charge is 0.271 e. The van der Waals surface area contributed by atoms with Gasteiger partial charge in [0.1, 0.15) is 0 Å². The van der Waals surface area contributed by atoms with Gasteiger partial charge in [-0.1, -0.05) is 29.3 Å². The van der Waals surface area contributed by atoms with Crippen molar-refractivity contribution in [3.05, 3.63) is 56.2 Å². The SMILES string of the molecule is NNC(Cc1ccsc1)Cc1ccc(Cl)c(Cl)c1. The Labute approximate surface area is 121 Å². The summed E-state index contributed by atoms with van der Waals surface area (Å²) >= 11 is 13.6. The van der Waals surface area contributed by atoms with Crippen LogP contribution in [-0.2, 0) is 12.8 Å². The summed E-state index contributed by atoms with van der Waals surface area (Å²) in [6, 6.07) is 7.99. The molecular weight excluding hydrogens is 287 g/mol. The Balaban J connectivity index is 2.03. The Morgan fingerprint density at radius 2 is 1.89 bits per heavy atom. The molecule has 0 spiro atoms. The van der Waals surface area contributed by atoms with Crippen molar-refractivity contribution in [2.24, 2.45) is 5.84 Å². The average Bonchev–Trinajstić information content (AvgIpc) is 2.86. The number of nitrogens with two attached hydrogens (primary N) is 1. The first-order valence-electron chi connectivity index (χ1n) is 5.60. The molecule has 0 aliphatic heterocycles. The minimum Gasteiger partial charge on any atom is -0.271 e. The Morgan fingerprint density at radius 3 is 2.50 bits per heavy atom. The Kier molecular flexibility index (Phi) is 5.03. The molecule has 1 aromatic carbocycles. The lowest BCUT2D eigenvalue weighted by Crippen LogP contribution is -2.38. The van der Waals surface area contributed by atoms with Gasteiger partial charge in [-0.25, -0.2) is 0 Å². The molecule has 1 atom stereocenters. The first-order valence-corrected chi connectivity index (χ1v) is 7.30. The molecule has 0 aliphatic rings. The molecule has 2 rings (SSSR count). The third-order valence-electron chi connectivity index (χ3n) is 2.76. The van der Waals surface area contributed by atoms with Crippen molar-refractivity contribution in [2.45, 2.75) is 18.9 Å². The summed E-state index contributed by atoms with van der Waals surface area (Å²) < 4.78 is 0. The maximum absolute atomic E-state index is 6.00. The molecular formula is C13H14Cl2N2S. The fourth-order valence-electron chi connectivity index (χ4n) is 1.83. The summed E-state index contributed by atoms with van der Waals surface area (Å²) in [5.74, 6) is 5.60. The van der Waals surface area contributed by atoms with E-state index in [1.807, 2.05) is 18.2 Å². The van der Waals surface area contributed by atoms with Gasteiger partial charge in [-0.15, -0.1) is 0 Å². The van der Waals surface area contributed by atoms with E-state index in [0.29, 0.717) is 10.0 Å². The predicted octanol–water partition coefficient (Wildman–Crippen LogP) is 3.67. The van der Waals surface area contributed by atoms with Crippen LogP contribution in [0.15, 0.2) is 35.0 Å². The monoisotopic (exact) mass is 300 g/mol. The molecule has 0 fully saturated rings. The molecule has 96 valence electrons. The van der Waals surface area contributed by atoms with E-state index in [-0.39, 0.29) is 6.04 Å². The van der Waals surface area contributed by atoms with E-state index in [1.165, 1.54) is 5.56 Å². The van der Waals surface area contributed by atoms with Gasteiger partial charge >= 0.3 is 0 Å². The second-order valence-electron chi connectivity index (χ2n) is 4.15. The summed E-state index contributed by atoms with van der Waals surface area (Å²) in [7, 11) is 0. The summed E-state index contributed by atoms with van der Waals surface area (Å²) in [5, 5.41) is 5.37. The zero-order chi connectivity index (χ0) is 13.0. The van der Waals surface area contributed by atoms with E-state index in [2.05, 4.69) is 22.3 Å². The maximum Gasteiger partial charge on any atom is 0.0595 e. The summed E-state index contributed by atoms with van der Waals surface area (Å²) in [6.45, 7) is 0. The number of benzene rings is 1. The van der Waals surface area contributed by atoms with E-state index >= 15 is 0 Å². The highest BCUT2D eigenvalue weighted by molar-refractivity contribution is 7.07. The number of hydrogen-bond acceptors (Lipinski definition) is 3. The number of nitrogens with one attached hydrogen (secondary N) is 1. The minimum absolute atomic E-state index is 0.192. The zero-order valence-corrected chi connectivity index (χ0v) is 12.0. The van der Waals surface area contributed by atoms with Crippen molar-refractivity contribution in [1.29, 1.82) is 0 Å². The zero-order valence-electron chi connectivity index (χ0n) is 9.70. The number of thiophene rings is 1.